The van der Waals surface area contributed by atoms with Gasteiger partial charge in [0.15, 0.2) is 9.84 Å². The molecule has 2 heterocycles. The van der Waals surface area contributed by atoms with E-state index in [4.69, 9.17) is 11.6 Å². The van der Waals surface area contributed by atoms with E-state index >= 15 is 0 Å². The smallest absolute Gasteiger partial charge is 0.227 e. The molecule has 2 aromatic carbocycles. The normalized spacial score (nSPS) is 15.2. The van der Waals surface area contributed by atoms with Gasteiger partial charge in [-0.25, -0.2) is 22.8 Å². The molecule has 0 unspecified atom stereocenters. The number of halogens is 2. The third kappa shape index (κ3) is 6.93. The average molecular weight is 570 g/mol. The van der Waals surface area contributed by atoms with Gasteiger partial charge in [-0.1, -0.05) is 29.8 Å². The van der Waals surface area contributed by atoms with Gasteiger partial charge >= 0.3 is 0 Å². The highest BCUT2D eigenvalue weighted by atomic mass is 35.5. The largest absolute Gasteiger partial charge is 0.324 e. The number of benzene rings is 2. The van der Waals surface area contributed by atoms with E-state index < -0.39 is 14.6 Å². The quantitative estimate of drug-likeness (QED) is 0.372. The zero-order valence-electron chi connectivity index (χ0n) is 22.6. The molecule has 206 valence electrons. The van der Waals surface area contributed by atoms with Crippen LogP contribution in [0.3, 0.4) is 0 Å². The van der Waals surface area contributed by atoms with Gasteiger partial charge in [0, 0.05) is 17.1 Å². The van der Waals surface area contributed by atoms with Gasteiger partial charge in [0.05, 0.1) is 28.0 Å². The van der Waals surface area contributed by atoms with Crippen molar-refractivity contribution in [1.29, 1.82) is 5.26 Å². The van der Waals surface area contributed by atoms with Crippen molar-refractivity contribution in [2.75, 3.05) is 25.5 Å². The lowest BCUT2D eigenvalue weighted by Crippen LogP contribution is -2.29. The summed E-state index contributed by atoms with van der Waals surface area (Å²) in [5.74, 6) is -0.0119. The van der Waals surface area contributed by atoms with Crippen LogP contribution in [0.1, 0.15) is 67.5 Å². The van der Waals surface area contributed by atoms with E-state index in [1.165, 1.54) is 12.3 Å². The monoisotopic (exact) mass is 569 g/mol. The van der Waals surface area contributed by atoms with Crippen LogP contribution in [0, 0.1) is 17.1 Å². The fourth-order valence-electron chi connectivity index (χ4n) is 4.55. The fraction of sp³-hybridized carbons (Fsp3) is 0.414. The van der Waals surface area contributed by atoms with E-state index in [0.29, 0.717) is 27.5 Å². The summed E-state index contributed by atoms with van der Waals surface area (Å²) in [6.07, 6.45) is 3.55. The lowest BCUT2D eigenvalue weighted by atomic mass is 9.89. The lowest BCUT2D eigenvalue weighted by Gasteiger charge is -2.29. The summed E-state index contributed by atoms with van der Waals surface area (Å²) in [7, 11) is -1.36. The van der Waals surface area contributed by atoms with Crippen molar-refractivity contribution < 1.29 is 12.8 Å². The first-order valence-electron chi connectivity index (χ1n) is 12.9. The number of nitriles is 1. The van der Waals surface area contributed by atoms with Crippen LogP contribution in [0.15, 0.2) is 42.6 Å². The van der Waals surface area contributed by atoms with E-state index in [0.717, 1.165) is 37.1 Å². The first-order valence-corrected chi connectivity index (χ1v) is 14.9. The minimum absolute atomic E-state index is 0.190. The van der Waals surface area contributed by atoms with Crippen LogP contribution < -0.4 is 5.32 Å². The van der Waals surface area contributed by atoms with E-state index in [-0.39, 0.29) is 29.9 Å². The van der Waals surface area contributed by atoms with Gasteiger partial charge in [-0.05, 0) is 94.6 Å². The first-order chi connectivity index (χ1) is 18.4. The molecule has 1 aliphatic heterocycles. The van der Waals surface area contributed by atoms with Crippen LogP contribution >= 0.6 is 11.6 Å². The molecule has 0 aliphatic carbocycles. The average Bonchev–Trinajstić information content (AvgIpc) is 2.86. The second-order valence-electron chi connectivity index (χ2n) is 11.1. The van der Waals surface area contributed by atoms with E-state index in [9.17, 15) is 18.1 Å². The number of rotatable bonds is 7. The molecule has 7 nitrogen and oxygen atoms in total. The molecular weight excluding hydrogens is 537 g/mol. The second-order valence-corrected chi connectivity index (χ2v) is 14.2. The highest BCUT2D eigenvalue weighted by Crippen LogP contribution is 2.31. The minimum Gasteiger partial charge on any atom is -0.324 e. The third-order valence-corrected chi connectivity index (χ3v) is 10.1. The Labute approximate surface area is 235 Å². The van der Waals surface area contributed by atoms with E-state index in [1.807, 2.05) is 12.1 Å². The molecule has 4 rings (SSSR count). The van der Waals surface area contributed by atoms with Crippen LogP contribution in [0.5, 0.6) is 0 Å². The van der Waals surface area contributed by atoms with Crippen molar-refractivity contribution >= 4 is 33.1 Å². The highest BCUT2D eigenvalue weighted by Gasteiger charge is 2.30. The van der Waals surface area contributed by atoms with Crippen molar-refractivity contribution in [3.8, 4) is 6.07 Å². The molecule has 39 heavy (non-hydrogen) atoms. The lowest BCUT2D eigenvalue weighted by molar-refractivity contribution is 0.253. The second kappa shape index (κ2) is 11.6. The SMILES string of the molecule is CN1CCC(c2ccc(Nc3ncc(C#N)c(Cc4ccc(Cl)c(CS(=O)(=O)C(C)(C)C)c4)n3)cc2F)CC1. The Bertz CT molecular complexity index is 1510. The Morgan fingerprint density at radius 3 is 2.54 bits per heavy atom. The van der Waals surface area contributed by atoms with Gasteiger partial charge in [0.25, 0.3) is 0 Å². The summed E-state index contributed by atoms with van der Waals surface area (Å²) in [5.41, 5.74) is 3.25. The number of likely N-dealkylation sites (tertiary alicyclic amines) is 1. The van der Waals surface area contributed by atoms with Crippen LogP contribution in [-0.4, -0.2) is 48.2 Å². The molecular formula is C29H33ClFN5O2S. The van der Waals surface area contributed by atoms with Crippen molar-refractivity contribution in [2.24, 2.45) is 0 Å². The molecule has 10 heteroatoms. The molecule has 0 atom stereocenters. The topological polar surface area (TPSA) is 99.0 Å². The Balaban J connectivity index is 1.54. The molecule has 0 saturated carbocycles. The molecule has 3 aromatic rings. The number of aromatic nitrogens is 2. The van der Waals surface area contributed by atoms with E-state index in [2.05, 4.69) is 33.3 Å². The van der Waals surface area contributed by atoms with Gasteiger partial charge < -0.3 is 10.2 Å². The Morgan fingerprint density at radius 2 is 1.90 bits per heavy atom. The van der Waals surface area contributed by atoms with Crippen LogP contribution in [-0.2, 0) is 22.0 Å². The molecule has 1 aromatic heterocycles. The molecule has 0 amide bonds. The number of nitrogens with zero attached hydrogens (tertiary/aromatic N) is 4. The van der Waals surface area contributed by atoms with Crippen molar-refractivity contribution in [2.45, 2.75) is 56.5 Å². The molecule has 0 spiro atoms. The number of anilines is 2. The summed E-state index contributed by atoms with van der Waals surface area (Å²) >= 11 is 6.32. The summed E-state index contributed by atoms with van der Waals surface area (Å²) in [6.45, 7) is 6.87. The maximum absolute atomic E-state index is 15.0. The fourth-order valence-corrected chi connectivity index (χ4v) is 5.90. The van der Waals surface area contributed by atoms with Crippen molar-refractivity contribution in [1.82, 2.24) is 14.9 Å². The predicted octanol–water partition coefficient (Wildman–Crippen LogP) is 6.00. The third-order valence-electron chi connectivity index (χ3n) is 7.16. The maximum atomic E-state index is 15.0. The zero-order chi connectivity index (χ0) is 28.4. The van der Waals surface area contributed by atoms with Crippen LogP contribution in [0.2, 0.25) is 5.02 Å². The van der Waals surface area contributed by atoms with Crippen LogP contribution in [0.4, 0.5) is 16.0 Å². The van der Waals surface area contributed by atoms with E-state index in [1.54, 1.807) is 39.0 Å². The van der Waals surface area contributed by atoms with Crippen molar-refractivity contribution in [3.63, 3.8) is 0 Å². The van der Waals surface area contributed by atoms with Gasteiger partial charge in [-0.3, -0.25) is 0 Å². The Hall–Kier alpha value is -3.06. The van der Waals surface area contributed by atoms with Gasteiger partial charge in [-0.15, -0.1) is 0 Å². The number of piperidine rings is 1. The Kier molecular flexibility index (Phi) is 8.60. The summed E-state index contributed by atoms with van der Waals surface area (Å²) in [5, 5.41) is 13.0. The molecule has 0 radical (unpaired) electrons. The zero-order valence-corrected chi connectivity index (χ0v) is 24.2. The molecule has 1 aliphatic rings. The number of hydrogen-bond donors (Lipinski definition) is 1. The molecule has 0 bridgehead atoms. The minimum atomic E-state index is -3.44. The van der Waals surface area contributed by atoms with Gasteiger partial charge in [0.1, 0.15) is 11.9 Å². The summed E-state index contributed by atoms with van der Waals surface area (Å²) < 4.78 is 39.6. The Morgan fingerprint density at radius 1 is 1.18 bits per heavy atom. The molecule has 1 N–H and O–H groups in total. The van der Waals surface area contributed by atoms with Crippen molar-refractivity contribution in [3.05, 3.63) is 81.4 Å². The number of hydrogen-bond acceptors (Lipinski definition) is 7. The van der Waals surface area contributed by atoms with Crippen LogP contribution in [0.25, 0.3) is 0 Å². The number of sulfone groups is 1. The van der Waals surface area contributed by atoms with Gasteiger partial charge in [-0.2, -0.15) is 5.26 Å². The molecule has 1 fully saturated rings. The predicted molar refractivity (Wildman–Crippen MR) is 153 cm³/mol. The highest BCUT2D eigenvalue weighted by molar-refractivity contribution is 7.91. The summed E-state index contributed by atoms with van der Waals surface area (Å²) in [4.78, 5) is 11.0. The van der Waals surface area contributed by atoms with Gasteiger partial charge in [0.2, 0.25) is 5.95 Å². The standard InChI is InChI=1S/C29H33ClFN5O2S/c1-29(2,3)39(37,38)18-21-13-19(5-8-25(21)30)14-27-22(16-32)17-33-28(35-27)34-23-6-7-24(26(31)15-23)20-9-11-36(4)12-10-20/h5-8,13,15,17,20H,9-12,14,18H2,1-4H3,(H,33,34,35). The summed E-state index contributed by atoms with van der Waals surface area (Å²) in [6, 6.07) is 12.4. The number of nitrogens with one attached hydrogen (secondary N) is 1. The maximum Gasteiger partial charge on any atom is 0.227 e. The molecule has 1 saturated heterocycles. The first kappa shape index (κ1) is 28.9.